The molecule has 7 heteroatoms. The van der Waals surface area contributed by atoms with Gasteiger partial charge in [-0.2, -0.15) is 13.2 Å². The number of benzene rings is 2. The largest absolute Gasteiger partial charge is 0.416 e. The lowest BCUT2D eigenvalue weighted by atomic mass is 9.92. The zero-order valence-electron chi connectivity index (χ0n) is 12.1. The highest BCUT2D eigenvalue weighted by Gasteiger charge is 2.33. The maximum absolute atomic E-state index is 12.7. The summed E-state index contributed by atoms with van der Waals surface area (Å²) in [5.41, 5.74) is -0.417. The Morgan fingerprint density at radius 1 is 1.22 bits per heavy atom. The molecular weight excluding hydrogens is 331 g/mol. The maximum Gasteiger partial charge on any atom is 0.416 e. The molecule has 0 aliphatic heterocycles. The van der Waals surface area contributed by atoms with Crippen LogP contribution in [-0.2, 0) is 12.6 Å². The summed E-state index contributed by atoms with van der Waals surface area (Å²) < 4.78 is 38.1. The molecule has 0 heterocycles. The van der Waals surface area contributed by atoms with E-state index in [0.717, 1.165) is 11.6 Å². The summed E-state index contributed by atoms with van der Waals surface area (Å²) in [5, 5.41) is 11.6. The van der Waals surface area contributed by atoms with Crippen LogP contribution < -0.4 is 0 Å². The molecule has 1 atom stereocenters. The average molecular weight is 344 g/mol. The predicted octanol–water partition coefficient (Wildman–Crippen LogP) is 5.61. The molecular formula is C16H13ClF3NO2. The third kappa shape index (κ3) is 4.22. The quantitative estimate of drug-likeness (QED) is 0.534. The summed E-state index contributed by atoms with van der Waals surface area (Å²) in [4.78, 5) is 10.3. The molecule has 23 heavy (non-hydrogen) atoms. The van der Waals surface area contributed by atoms with E-state index < -0.39 is 22.4 Å². The highest BCUT2D eigenvalue weighted by atomic mass is 35.5. The number of nitro groups is 1. The normalized spacial score (nSPS) is 12.9. The Kier molecular flexibility index (Phi) is 4.94. The highest BCUT2D eigenvalue weighted by Crippen LogP contribution is 2.34. The van der Waals surface area contributed by atoms with E-state index in [1.54, 1.807) is 18.2 Å². The van der Waals surface area contributed by atoms with Gasteiger partial charge in [0.15, 0.2) is 0 Å². The van der Waals surface area contributed by atoms with Crippen LogP contribution in [0.1, 0.15) is 29.5 Å². The minimum absolute atomic E-state index is 0.121. The van der Waals surface area contributed by atoms with E-state index in [4.69, 9.17) is 11.6 Å². The van der Waals surface area contributed by atoms with Crippen molar-refractivity contribution in [2.24, 2.45) is 0 Å². The number of nitro benzene ring substituents is 1. The van der Waals surface area contributed by atoms with Gasteiger partial charge in [0.05, 0.1) is 10.5 Å². The third-order valence-electron chi connectivity index (χ3n) is 3.55. The molecule has 0 fully saturated rings. The van der Waals surface area contributed by atoms with E-state index in [1.165, 1.54) is 6.07 Å². The smallest absolute Gasteiger partial charge is 0.258 e. The number of alkyl halides is 3. The van der Waals surface area contributed by atoms with Gasteiger partial charge < -0.3 is 0 Å². The van der Waals surface area contributed by atoms with E-state index in [9.17, 15) is 23.3 Å². The van der Waals surface area contributed by atoms with Gasteiger partial charge in [0.25, 0.3) is 5.69 Å². The maximum atomic E-state index is 12.7. The average Bonchev–Trinajstić information content (AvgIpc) is 2.46. The molecule has 0 radical (unpaired) electrons. The van der Waals surface area contributed by atoms with Crippen LogP contribution in [0.15, 0.2) is 42.5 Å². The van der Waals surface area contributed by atoms with Crippen LogP contribution in [0.2, 0.25) is 5.02 Å². The molecule has 0 N–H and O–H groups in total. The number of hydrogen-bond donors (Lipinski definition) is 0. The molecule has 122 valence electrons. The Morgan fingerprint density at radius 2 is 1.91 bits per heavy atom. The fraction of sp³-hybridized carbons (Fsp3) is 0.250. The second-order valence-electron chi connectivity index (χ2n) is 5.26. The summed E-state index contributed by atoms with van der Waals surface area (Å²) in [6, 6.07) is 9.65. The van der Waals surface area contributed by atoms with Gasteiger partial charge in [0.2, 0.25) is 0 Å². The minimum Gasteiger partial charge on any atom is -0.258 e. The van der Waals surface area contributed by atoms with Gasteiger partial charge in [-0.15, -0.1) is 0 Å². The van der Waals surface area contributed by atoms with Crippen molar-refractivity contribution in [3.8, 4) is 0 Å². The Bertz CT molecular complexity index is 732. The molecule has 0 amide bonds. The first-order chi connectivity index (χ1) is 10.7. The lowest BCUT2D eigenvalue weighted by Gasteiger charge is -2.14. The van der Waals surface area contributed by atoms with Crippen molar-refractivity contribution in [1.29, 1.82) is 0 Å². The van der Waals surface area contributed by atoms with Gasteiger partial charge in [-0.05, 0) is 36.1 Å². The molecule has 0 unspecified atom stereocenters. The van der Waals surface area contributed by atoms with Crippen LogP contribution >= 0.6 is 11.6 Å². The van der Waals surface area contributed by atoms with Crippen molar-refractivity contribution in [2.45, 2.75) is 25.4 Å². The van der Waals surface area contributed by atoms with E-state index in [2.05, 4.69) is 0 Å². The first-order valence-electron chi connectivity index (χ1n) is 6.78. The zero-order valence-corrected chi connectivity index (χ0v) is 12.9. The SMILES string of the molecule is C[C@H](Cc1ccc(C(F)(F)F)cc1[N+](=O)[O-])c1cccc(Cl)c1. The van der Waals surface area contributed by atoms with Crippen LogP contribution in [0.4, 0.5) is 18.9 Å². The molecule has 0 aliphatic carbocycles. The van der Waals surface area contributed by atoms with E-state index >= 15 is 0 Å². The van der Waals surface area contributed by atoms with Gasteiger partial charge in [0, 0.05) is 16.7 Å². The van der Waals surface area contributed by atoms with Crippen molar-refractivity contribution >= 4 is 17.3 Å². The fourth-order valence-corrected chi connectivity index (χ4v) is 2.54. The Balaban J connectivity index is 2.34. The number of rotatable bonds is 4. The van der Waals surface area contributed by atoms with Gasteiger partial charge in [0.1, 0.15) is 0 Å². The third-order valence-corrected chi connectivity index (χ3v) is 3.79. The van der Waals surface area contributed by atoms with Gasteiger partial charge >= 0.3 is 6.18 Å². The second kappa shape index (κ2) is 6.58. The molecule has 0 aromatic heterocycles. The molecule has 0 bridgehead atoms. The fourth-order valence-electron chi connectivity index (χ4n) is 2.34. The van der Waals surface area contributed by atoms with Crippen LogP contribution in [0, 0.1) is 10.1 Å². The molecule has 0 saturated heterocycles. The van der Waals surface area contributed by atoms with Crippen molar-refractivity contribution in [3.05, 3.63) is 74.3 Å². The van der Waals surface area contributed by atoms with Crippen molar-refractivity contribution < 1.29 is 18.1 Å². The monoisotopic (exact) mass is 343 g/mol. The Morgan fingerprint density at radius 3 is 2.48 bits per heavy atom. The van der Waals surface area contributed by atoms with Gasteiger partial charge in [-0.25, -0.2) is 0 Å². The van der Waals surface area contributed by atoms with E-state index in [1.807, 2.05) is 13.0 Å². The van der Waals surface area contributed by atoms with Crippen molar-refractivity contribution in [1.82, 2.24) is 0 Å². The summed E-state index contributed by atoms with van der Waals surface area (Å²) in [5.74, 6) is -0.121. The van der Waals surface area contributed by atoms with Crippen LogP contribution in [0.3, 0.4) is 0 Å². The van der Waals surface area contributed by atoms with E-state index in [-0.39, 0.29) is 17.9 Å². The predicted molar refractivity (Wildman–Crippen MR) is 81.7 cm³/mol. The summed E-state index contributed by atoms with van der Waals surface area (Å²) in [6.07, 6.45) is -4.36. The van der Waals surface area contributed by atoms with E-state index in [0.29, 0.717) is 11.1 Å². The standard InChI is InChI=1S/C16H13ClF3NO2/c1-10(11-3-2-4-14(17)8-11)7-12-5-6-13(16(18,19)20)9-15(12)21(22)23/h2-6,8-10H,7H2,1H3/t10-/m1/s1. The van der Waals surface area contributed by atoms with Crippen LogP contribution in [-0.4, -0.2) is 4.92 Å². The molecule has 3 nitrogen and oxygen atoms in total. The molecule has 2 rings (SSSR count). The highest BCUT2D eigenvalue weighted by molar-refractivity contribution is 6.30. The van der Waals surface area contributed by atoms with Crippen LogP contribution in [0.25, 0.3) is 0 Å². The molecule has 0 aliphatic rings. The Labute approximate surface area is 135 Å². The van der Waals surface area contributed by atoms with Gasteiger partial charge in [-0.3, -0.25) is 10.1 Å². The van der Waals surface area contributed by atoms with Crippen molar-refractivity contribution in [2.75, 3.05) is 0 Å². The van der Waals surface area contributed by atoms with Gasteiger partial charge in [-0.1, -0.05) is 36.7 Å². The second-order valence-corrected chi connectivity index (χ2v) is 5.69. The molecule has 2 aromatic carbocycles. The summed E-state index contributed by atoms with van der Waals surface area (Å²) in [7, 11) is 0. The number of halogens is 4. The molecule has 0 saturated carbocycles. The molecule has 2 aromatic rings. The molecule has 0 spiro atoms. The first kappa shape index (κ1) is 17.3. The number of nitrogens with zero attached hydrogens (tertiary/aromatic N) is 1. The zero-order chi connectivity index (χ0) is 17.2. The lowest BCUT2D eigenvalue weighted by Crippen LogP contribution is -2.08. The summed E-state index contributed by atoms with van der Waals surface area (Å²) >= 11 is 5.91. The minimum atomic E-state index is -4.61. The number of hydrogen-bond acceptors (Lipinski definition) is 2. The summed E-state index contributed by atoms with van der Waals surface area (Å²) in [6.45, 7) is 1.84. The van der Waals surface area contributed by atoms with Crippen LogP contribution in [0.5, 0.6) is 0 Å². The van der Waals surface area contributed by atoms with Crippen molar-refractivity contribution in [3.63, 3.8) is 0 Å². The topological polar surface area (TPSA) is 43.1 Å². The first-order valence-corrected chi connectivity index (χ1v) is 7.16. The Hall–Kier alpha value is -2.08. The lowest BCUT2D eigenvalue weighted by molar-refractivity contribution is -0.385.